The van der Waals surface area contributed by atoms with Crippen LogP contribution in [0.4, 0.5) is 0 Å². The number of rotatable bonds is 4. The average Bonchev–Trinajstić information content (AvgIpc) is 2.26. The van der Waals surface area contributed by atoms with Gasteiger partial charge < -0.3 is 9.47 Å². The molecule has 1 rings (SSSR count). The van der Waals surface area contributed by atoms with E-state index in [-0.39, 0.29) is 6.10 Å². The summed E-state index contributed by atoms with van der Waals surface area (Å²) in [5, 5.41) is 0. The van der Waals surface area contributed by atoms with Crippen molar-refractivity contribution in [3.8, 4) is 11.5 Å². The standard InChI is InChI=1S/C10H14BrNO3/c1-6(15-12)10-8(13-2)4-7(11)5-9(10)14-3/h4-6H,12H2,1-3H3. The summed E-state index contributed by atoms with van der Waals surface area (Å²) in [6, 6.07) is 3.68. The summed E-state index contributed by atoms with van der Waals surface area (Å²) in [6.07, 6.45) is -0.289. The van der Waals surface area contributed by atoms with Crippen molar-refractivity contribution in [3.05, 3.63) is 22.2 Å². The molecule has 0 bridgehead atoms. The highest BCUT2D eigenvalue weighted by Crippen LogP contribution is 2.37. The second-order valence-corrected chi connectivity index (χ2v) is 3.92. The van der Waals surface area contributed by atoms with Crippen LogP contribution >= 0.6 is 15.9 Å². The van der Waals surface area contributed by atoms with Crippen LogP contribution in [0.3, 0.4) is 0 Å². The first-order chi connectivity index (χ1) is 7.13. The summed E-state index contributed by atoms with van der Waals surface area (Å²) < 4.78 is 11.4. The van der Waals surface area contributed by atoms with Gasteiger partial charge in [0.25, 0.3) is 0 Å². The number of halogens is 1. The number of methoxy groups -OCH3 is 2. The van der Waals surface area contributed by atoms with Crippen molar-refractivity contribution >= 4 is 15.9 Å². The number of hydrogen-bond donors (Lipinski definition) is 1. The van der Waals surface area contributed by atoms with Gasteiger partial charge in [0.2, 0.25) is 0 Å². The van der Waals surface area contributed by atoms with Gasteiger partial charge in [-0.3, -0.25) is 4.84 Å². The zero-order valence-electron chi connectivity index (χ0n) is 8.91. The van der Waals surface area contributed by atoms with Gasteiger partial charge in [-0.05, 0) is 19.1 Å². The fraction of sp³-hybridized carbons (Fsp3) is 0.400. The molecule has 0 saturated heterocycles. The zero-order valence-corrected chi connectivity index (χ0v) is 10.5. The highest BCUT2D eigenvalue weighted by molar-refractivity contribution is 9.10. The summed E-state index contributed by atoms with van der Waals surface area (Å²) in [4.78, 5) is 4.79. The van der Waals surface area contributed by atoms with Crippen molar-refractivity contribution in [2.45, 2.75) is 13.0 Å². The maximum absolute atomic E-state index is 5.25. The van der Waals surface area contributed by atoms with Gasteiger partial charge >= 0.3 is 0 Å². The highest BCUT2D eigenvalue weighted by atomic mass is 79.9. The van der Waals surface area contributed by atoms with E-state index < -0.39 is 0 Å². The molecule has 15 heavy (non-hydrogen) atoms. The lowest BCUT2D eigenvalue weighted by atomic mass is 10.1. The largest absolute Gasteiger partial charge is 0.496 e. The summed E-state index contributed by atoms with van der Waals surface area (Å²) >= 11 is 3.37. The van der Waals surface area contributed by atoms with Gasteiger partial charge in [-0.2, -0.15) is 0 Å². The molecule has 0 aliphatic carbocycles. The van der Waals surface area contributed by atoms with Crippen molar-refractivity contribution in [2.75, 3.05) is 14.2 Å². The van der Waals surface area contributed by atoms with Crippen molar-refractivity contribution in [2.24, 2.45) is 5.90 Å². The molecule has 0 fully saturated rings. The fourth-order valence-corrected chi connectivity index (χ4v) is 1.79. The van der Waals surface area contributed by atoms with Crippen molar-refractivity contribution < 1.29 is 14.3 Å². The molecule has 1 aromatic rings. The Bertz CT molecular complexity index is 318. The van der Waals surface area contributed by atoms with Crippen molar-refractivity contribution in [1.29, 1.82) is 0 Å². The maximum Gasteiger partial charge on any atom is 0.129 e. The third kappa shape index (κ3) is 2.62. The molecular formula is C10H14BrNO3. The minimum absolute atomic E-state index is 0.289. The summed E-state index contributed by atoms with van der Waals surface area (Å²) in [7, 11) is 3.18. The minimum Gasteiger partial charge on any atom is -0.496 e. The Balaban J connectivity index is 3.30. The van der Waals surface area contributed by atoms with E-state index in [9.17, 15) is 0 Å². The Morgan fingerprint density at radius 2 is 1.67 bits per heavy atom. The fourth-order valence-electron chi connectivity index (χ4n) is 1.38. The second-order valence-electron chi connectivity index (χ2n) is 3.00. The Morgan fingerprint density at radius 3 is 2.00 bits per heavy atom. The molecule has 0 saturated carbocycles. The van der Waals surface area contributed by atoms with Gasteiger partial charge in [-0.25, -0.2) is 5.90 Å². The topological polar surface area (TPSA) is 53.7 Å². The molecule has 0 aliphatic rings. The molecule has 0 aromatic heterocycles. The van der Waals surface area contributed by atoms with Gasteiger partial charge in [0.15, 0.2) is 0 Å². The predicted molar refractivity (Wildman–Crippen MR) is 60.9 cm³/mol. The van der Waals surface area contributed by atoms with E-state index in [0.717, 1.165) is 10.0 Å². The molecule has 0 aliphatic heterocycles. The van der Waals surface area contributed by atoms with Crippen LogP contribution < -0.4 is 15.4 Å². The van der Waals surface area contributed by atoms with Crippen LogP contribution in [0.1, 0.15) is 18.6 Å². The normalized spacial score (nSPS) is 12.3. The van der Waals surface area contributed by atoms with Crippen LogP contribution in [0, 0.1) is 0 Å². The van der Waals surface area contributed by atoms with E-state index in [1.807, 2.05) is 19.1 Å². The van der Waals surface area contributed by atoms with Gasteiger partial charge in [0.1, 0.15) is 17.6 Å². The summed E-state index contributed by atoms with van der Waals surface area (Å²) in [5.41, 5.74) is 0.797. The zero-order chi connectivity index (χ0) is 11.4. The molecule has 1 atom stereocenters. The van der Waals surface area contributed by atoms with Crippen LogP contribution in [0.2, 0.25) is 0 Å². The maximum atomic E-state index is 5.25. The molecule has 0 amide bonds. The average molecular weight is 276 g/mol. The third-order valence-electron chi connectivity index (χ3n) is 2.12. The summed E-state index contributed by atoms with van der Waals surface area (Å²) in [5.74, 6) is 6.53. The molecular weight excluding hydrogens is 262 g/mol. The molecule has 5 heteroatoms. The third-order valence-corrected chi connectivity index (χ3v) is 2.58. The van der Waals surface area contributed by atoms with E-state index >= 15 is 0 Å². The molecule has 2 N–H and O–H groups in total. The highest BCUT2D eigenvalue weighted by Gasteiger charge is 2.18. The van der Waals surface area contributed by atoms with Crippen molar-refractivity contribution in [3.63, 3.8) is 0 Å². The molecule has 0 radical (unpaired) electrons. The predicted octanol–water partition coefficient (Wildman–Crippen LogP) is 2.42. The summed E-state index contributed by atoms with van der Waals surface area (Å²) in [6.45, 7) is 1.83. The quantitative estimate of drug-likeness (QED) is 0.858. The van der Waals surface area contributed by atoms with E-state index in [2.05, 4.69) is 15.9 Å². The molecule has 0 spiro atoms. The lowest BCUT2D eigenvalue weighted by Crippen LogP contribution is -2.08. The van der Waals surface area contributed by atoms with Crippen LogP contribution in [-0.4, -0.2) is 14.2 Å². The van der Waals surface area contributed by atoms with E-state index in [1.54, 1.807) is 14.2 Å². The van der Waals surface area contributed by atoms with E-state index in [4.69, 9.17) is 20.2 Å². The number of hydrogen-bond acceptors (Lipinski definition) is 4. The van der Waals surface area contributed by atoms with Crippen LogP contribution in [0.15, 0.2) is 16.6 Å². The van der Waals surface area contributed by atoms with Gasteiger partial charge in [0, 0.05) is 4.47 Å². The first-order valence-electron chi connectivity index (χ1n) is 4.41. The second kappa shape index (κ2) is 5.34. The SMILES string of the molecule is COc1cc(Br)cc(OC)c1C(C)ON. The first-order valence-corrected chi connectivity index (χ1v) is 5.20. The molecule has 0 heterocycles. The first kappa shape index (κ1) is 12.3. The van der Waals surface area contributed by atoms with Crippen LogP contribution in [0.5, 0.6) is 11.5 Å². The smallest absolute Gasteiger partial charge is 0.129 e. The van der Waals surface area contributed by atoms with Gasteiger partial charge in [-0.15, -0.1) is 0 Å². The monoisotopic (exact) mass is 275 g/mol. The molecule has 84 valence electrons. The Morgan fingerprint density at radius 1 is 1.20 bits per heavy atom. The van der Waals surface area contributed by atoms with Gasteiger partial charge in [0.05, 0.1) is 19.8 Å². The van der Waals surface area contributed by atoms with E-state index in [1.165, 1.54) is 0 Å². The van der Waals surface area contributed by atoms with Crippen molar-refractivity contribution in [1.82, 2.24) is 0 Å². The van der Waals surface area contributed by atoms with Gasteiger partial charge in [-0.1, -0.05) is 15.9 Å². The Kier molecular flexibility index (Phi) is 4.38. The lowest BCUT2D eigenvalue weighted by Gasteiger charge is -2.17. The van der Waals surface area contributed by atoms with Crippen LogP contribution in [0.25, 0.3) is 0 Å². The Hall–Kier alpha value is -0.780. The molecule has 1 aromatic carbocycles. The number of benzene rings is 1. The molecule has 1 unspecified atom stereocenters. The minimum atomic E-state index is -0.289. The number of nitrogens with two attached hydrogens (primary N) is 1. The molecule has 4 nitrogen and oxygen atoms in total. The Labute approximate surface area is 97.4 Å². The van der Waals surface area contributed by atoms with E-state index in [0.29, 0.717) is 11.5 Å². The lowest BCUT2D eigenvalue weighted by molar-refractivity contribution is 0.0627. The van der Waals surface area contributed by atoms with Crippen LogP contribution in [-0.2, 0) is 4.84 Å². The number of ether oxygens (including phenoxy) is 2.